The molecule has 0 saturated heterocycles. The SMILES string of the molecule is Cn1ccc(CNS(=O)(=O)c2ccccc2Br)n1. The number of hydrogen-bond acceptors (Lipinski definition) is 3. The van der Waals surface area contributed by atoms with Gasteiger partial charge in [-0.3, -0.25) is 4.68 Å². The van der Waals surface area contributed by atoms with E-state index in [4.69, 9.17) is 0 Å². The molecule has 0 atom stereocenters. The third kappa shape index (κ3) is 2.98. The fourth-order valence-electron chi connectivity index (χ4n) is 1.47. The van der Waals surface area contributed by atoms with Gasteiger partial charge in [0.25, 0.3) is 0 Å². The van der Waals surface area contributed by atoms with E-state index < -0.39 is 10.0 Å². The standard InChI is InChI=1S/C11H12BrN3O2S/c1-15-7-6-9(14-15)8-13-18(16,17)11-5-3-2-4-10(11)12/h2-7,13H,8H2,1H3. The Bertz CT molecular complexity index is 652. The quantitative estimate of drug-likeness (QED) is 0.927. The van der Waals surface area contributed by atoms with Gasteiger partial charge in [0.05, 0.1) is 17.1 Å². The third-order valence-electron chi connectivity index (χ3n) is 2.34. The van der Waals surface area contributed by atoms with E-state index in [-0.39, 0.29) is 11.4 Å². The van der Waals surface area contributed by atoms with Crippen molar-refractivity contribution in [3.05, 3.63) is 46.7 Å². The van der Waals surface area contributed by atoms with Gasteiger partial charge in [0, 0.05) is 17.7 Å². The van der Waals surface area contributed by atoms with Crippen LogP contribution in [-0.2, 0) is 23.6 Å². The smallest absolute Gasteiger partial charge is 0.242 e. The molecule has 2 rings (SSSR count). The van der Waals surface area contributed by atoms with Crippen LogP contribution in [0.3, 0.4) is 0 Å². The Kier molecular flexibility index (Phi) is 3.84. The zero-order valence-corrected chi connectivity index (χ0v) is 12.1. The summed E-state index contributed by atoms with van der Waals surface area (Å²) in [4.78, 5) is 0.223. The van der Waals surface area contributed by atoms with E-state index in [1.807, 2.05) is 0 Å². The number of halogens is 1. The van der Waals surface area contributed by atoms with E-state index in [9.17, 15) is 8.42 Å². The highest BCUT2D eigenvalue weighted by molar-refractivity contribution is 9.10. The van der Waals surface area contributed by atoms with E-state index in [2.05, 4.69) is 25.8 Å². The Morgan fingerprint density at radius 1 is 1.33 bits per heavy atom. The highest BCUT2D eigenvalue weighted by atomic mass is 79.9. The van der Waals surface area contributed by atoms with Crippen LogP contribution in [0.25, 0.3) is 0 Å². The monoisotopic (exact) mass is 329 g/mol. The minimum Gasteiger partial charge on any atom is -0.276 e. The van der Waals surface area contributed by atoms with Crippen LogP contribution in [0, 0.1) is 0 Å². The molecule has 0 spiro atoms. The van der Waals surface area contributed by atoms with Crippen LogP contribution in [0.2, 0.25) is 0 Å². The lowest BCUT2D eigenvalue weighted by Crippen LogP contribution is -2.23. The zero-order chi connectivity index (χ0) is 13.2. The molecule has 1 aromatic heterocycles. The predicted octanol–water partition coefficient (Wildman–Crippen LogP) is 1.66. The predicted molar refractivity (Wildman–Crippen MR) is 71.4 cm³/mol. The van der Waals surface area contributed by atoms with Crippen molar-refractivity contribution < 1.29 is 8.42 Å². The lowest BCUT2D eigenvalue weighted by Gasteiger charge is -2.06. The van der Waals surface area contributed by atoms with E-state index in [0.29, 0.717) is 10.2 Å². The summed E-state index contributed by atoms with van der Waals surface area (Å²) in [6.07, 6.45) is 1.77. The molecule has 96 valence electrons. The summed E-state index contributed by atoms with van der Waals surface area (Å²) in [6.45, 7) is 0.171. The van der Waals surface area contributed by atoms with Gasteiger partial charge in [0.15, 0.2) is 0 Å². The molecule has 0 aliphatic rings. The number of rotatable bonds is 4. The first-order valence-corrected chi connectivity index (χ1v) is 7.49. The van der Waals surface area contributed by atoms with Crippen molar-refractivity contribution in [1.29, 1.82) is 0 Å². The van der Waals surface area contributed by atoms with Crippen molar-refractivity contribution in [2.24, 2.45) is 7.05 Å². The van der Waals surface area contributed by atoms with Crippen molar-refractivity contribution in [2.75, 3.05) is 0 Å². The molecular weight excluding hydrogens is 318 g/mol. The molecule has 0 aliphatic carbocycles. The topological polar surface area (TPSA) is 64.0 Å². The molecule has 0 unspecified atom stereocenters. The molecule has 1 heterocycles. The Hall–Kier alpha value is -1.18. The van der Waals surface area contributed by atoms with Crippen molar-refractivity contribution in [3.63, 3.8) is 0 Å². The minimum atomic E-state index is -3.53. The molecule has 0 bridgehead atoms. The van der Waals surface area contributed by atoms with Gasteiger partial charge < -0.3 is 0 Å². The molecule has 18 heavy (non-hydrogen) atoms. The second-order valence-electron chi connectivity index (χ2n) is 3.74. The summed E-state index contributed by atoms with van der Waals surface area (Å²) < 4.78 is 28.8. The van der Waals surface area contributed by atoms with Gasteiger partial charge in [0.1, 0.15) is 0 Å². The zero-order valence-electron chi connectivity index (χ0n) is 9.67. The Labute approximate surface area is 114 Å². The van der Waals surface area contributed by atoms with Gasteiger partial charge in [-0.1, -0.05) is 12.1 Å². The van der Waals surface area contributed by atoms with Gasteiger partial charge in [-0.15, -0.1) is 0 Å². The van der Waals surface area contributed by atoms with Gasteiger partial charge in [-0.25, -0.2) is 13.1 Å². The average Bonchev–Trinajstić information content (AvgIpc) is 2.73. The van der Waals surface area contributed by atoms with Gasteiger partial charge in [-0.2, -0.15) is 5.10 Å². The van der Waals surface area contributed by atoms with Gasteiger partial charge in [-0.05, 0) is 34.1 Å². The van der Waals surface area contributed by atoms with Crippen LogP contribution < -0.4 is 4.72 Å². The molecule has 0 amide bonds. The van der Waals surface area contributed by atoms with E-state index in [0.717, 1.165) is 0 Å². The Morgan fingerprint density at radius 3 is 2.67 bits per heavy atom. The van der Waals surface area contributed by atoms with Crippen molar-refractivity contribution >= 4 is 26.0 Å². The number of benzene rings is 1. The summed E-state index contributed by atoms with van der Waals surface area (Å²) in [5.74, 6) is 0. The molecule has 0 fully saturated rings. The number of aromatic nitrogens is 2. The first-order valence-electron chi connectivity index (χ1n) is 5.22. The van der Waals surface area contributed by atoms with Gasteiger partial charge >= 0.3 is 0 Å². The number of sulfonamides is 1. The van der Waals surface area contributed by atoms with Crippen LogP contribution in [0.1, 0.15) is 5.69 Å². The van der Waals surface area contributed by atoms with Crippen LogP contribution >= 0.6 is 15.9 Å². The van der Waals surface area contributed by atoms with E-state index >= 15 is 0 Å². The van der Waals surface area contributed by atoms with Crippen molar-refractivity contribution in [1.82, 2.24) is 14.5 Å². The summed E-state index contributed by atoms with van der Waals surface area (Å²) in [6, 6.07) is 8.45. The molecule has 7 heteroatoms. The van der Waals surface area contributed by atoms with E-state index in [1.165, 1.54) is 0 Å². The fourth-order valence-corrected chi connectivity index (χ4v) is 3.47. The number of nitrogens with zero attached hydrogens (tertiary/aromatic N) is 2. The maximum atomic E-state index is 12.1. The van der Waals surface area contributed by atoms with Crippen molar-refractivity contribution in [2.45, 2.75) is 11.4 Å². The molecular formula is C11H12BrN3O2S. The molecule has 0 saturated carbocycles. The number of nitrogens with one attached hydrogen (secondary N) is 1. The lowest BCUT2D eigenvalue weighted by molar-refractivity contribution is 0.579. The number of hydrogen-bond donors (Lipinski definition) is 1. The average molecular weight is 330 g/mol. The second-order valence-corrected chi connectivity index (χ2v) is 6.33. The molecule has 5 nitrogen and oxygen atoms in total. The molecule has 0 radical (unpaired) electrons. The third-order valence-corrected chi connectivity index (χ3v) is 4.75. The molecule has 0 aliphatic heterocycles. The Morgan fingerprint density at radius 2 is 2.06 bits per heavy atom. The summed E-state index contributed by atoms with van der Waals surface area (Å²) in [5.41, 5.74) is 0.674. The first-order chi connectivity index (χ1) is 8.49. The number of aryl methyl sites for hydroxylation is 1. The van der Waals surface area contributed by atoms with Crippen LogP contribution in [0.15, 0.2) is 45.9 Å². The summed E-state index contributed by atoms with van der Waals surface area (Å²) >= 11 is 3.22. The molecule has 1 N–H and O–H groups in total. The summed E-state index contributed by atoms with van der Waals surface area (Å²) in [7, 11) is -1.74. The Balaban J connectivity index is 2.16. The van der Waals surface area contributed by atoms with Gasteiger partial charge in [0.2, 0.25) is 10.0 Å². The normalized spacial score (nSPS) is 11.7. The maximum Gasteiger partial charge on any atom is 0.242 e. The summed E-state index contributed by atoms with van der Waals surface area (Å²) in [5, 5.41) is 4.11. The highest BCUT2D eigenvalue weighted by Crippen LogP contribution is 2.20. The highest BCUT2D eigenvalue weighted by Gasteiger charge is 2.16. The minimum absolute atomic E-state index is 0.171. The second kappa shape index (κ2) is 5.21. The van der Waals surface area contributed by atoms with E-state index in [1.54, 1.807) is 48.3 Å². The van der Waals surface area contributed by atoms with Crippen molar-refractivity contribution in [3.8, 4) is 0 Å². The molecule has 2 aromatic rings. The molecule has 1 aromatic carbocycles. The largest absolute Gasteiger partial charge is 0.276 e. The maximum absolute atomic E-state index is 12.1. The lowest BCUT2D eigenvalue weighted by atomic mass is 10.4. The van der Waals surface area contributed by atoms with Crippen LogP contribution in [0.5, 0.6) is 0 Å². The first kappa shape index (κ1) is 13.3. The fraction of sp³-hybridized carbons (Fsp3) is 0.182. The van der Waals surface area contributed by atoms with Crippen LogP contribution in [0.4, 0.5) is 0 Å². The van der Waals surface area contributed by atoms with Crippen LogP contribution in [-0.4, -0.2) is 18.2 Å².